The molecule has 0 saturated carbocycles. The first-order chi connectivity index (χ1) is 24.0. The number of thioether (sulfide) groups is 2. The number of nitrogens with one attached hydrogen (secondary N) is 2. The smallest absolute Gasteiger partial charge is 0.252 e. The zero-order valence-corrected chi connectivity index (χ0v) is 33.4. The van der Waals surface area contributed by atoms with Gasteiger partial charge in [-0.05, 0) is 112 Å². The summed E-state index contributed by atoms with van der Waals surface area (Å²) < 4.78 is 10.4. The number of hydrogen-bond donors (Lipinski definition) is 4. The normalized spacial score (nSPS) is 12.7. The minimum atomic E-state index is -0.982. The van der Waals surface area contributed by atoms with E-state index >= 15 is 0 Å². The number of ketones is 2. The van der Waals surface area contributed by atoms with E-state index in [2.05, 4.69) is 25.6 Å². The molecule has 51 heavy (non-hydrogen) atoms. The molecule has 2 aromatic rings. The molecule has 2 atom stereocenters. The van der Waals surface area contributed by atoms with Crippen LogP contribution in [0.4, 0.5) is 0 Å². The Bertz CT molecular complexity index is 1370. The molecule has 2 aromatic heterocycles. The van der Waals surface area contributed by atoms with Crippen LogP contribution < -0.4 is 22.1 Å². The number of carbonyl (C=O) groups is 4. The predicted molar refractivity (Wildman–Crippen MR) is 204 cm³/mol. The summed E-state index contributed by atoms with van der Waals surface area (Å²) >= 11 is 2.83. The van der Waals surface area contributed by atoms with Crippen molar-refractivity contribution >= 4 is 46.9 Å². The molecule has 286 valence electrons. The molecule has 13 nitrogen and oxygen atoms in total. The number of aryl methyl sites for hydroxylation is 3. The summed E-state index contributed by atoms with van der Waals surface area (Å²) in [6.07, 6.45) is 7.73. The Morgan fingerprint density at radius 3 is 1.47 bits per heavy atom. The molecule has 0 aliphatic heterocycles. The van der Waals surface area contributed by atoms with Gasteiger partial charge in [0.25, 0.3) is 11.8 Å². The zero-order chi connectivity index (χ0) is 38.6. The topological polar surface area (TPSA) is 202 Å². The number of nitrogens with two attached hydrogens (primary N) is 2. The van der Waals surface area contributed by atoms with Crippen molar-refractivity contribution in [3.63, 3.8) is 0 Å². The van der Waals surface area contributed by atoms with Gasteiger partial charge >= 0.3 is 0 Å². The fraction of sp³-hybridized carbons (Fsp3) is 0.639. The van der Waals surface area contributed by atoms with Gasteiger partial charge in [0.2, 0.25) is 0 Å². The second-order valence-corrected chi connectivity index (χ2v) is 15.2. The van der Waals surface area contributed by atoms with Gasteiger partial charge in [-0.15, -0.1) is 23.5 Å². The summed E-state index contributed by atoms with van der Waals surface area (Å²) in [6.45, 7) is 13.5. The van der Waals surface area contributed by atoms with E-state index in [1.807, 2.05) is 26.0 Å². The van der Waals surface area contributed by atoms with E-state index in [1.165, 1.54) is 37.7 Å². The second kappa shape index (κ2) is 23.6. The highest BCUT2D eigenvalue weighted by Crippen LogP contribution is 2.21. The van der Waals surface area contributed by atoms with Crippen LogP contribution in [0.2, 0.25) is 0 Å². The third-order valence-corrected chi connectivity index (χ3v) is 9.94. The van der Waals surface area contributed by atoms with Crippen LogP contribution in [0.1, 0.15) is 83.4 Å². The highest BCUT2D eigenvalue weighted by Gasteiger charge is 2.32. The molecular weight excluding hydrogens is 691 g/mol. The molecule has 6 N–H and O–H groups in total. The molecule has 0 spiro atoms. The lowest BCUT2D eigenvalue weighted by Gasteiger charge is -2.25. The summed E-state index contributed by atoms with van der Waals surface area (Å²) in [5.41, 5.74) is 11.0. The Morgan fingerprint density at radius 2 is 1.10 bits per heavy atom. The number of pyridine rings is 1. The molecule has 0 aliphatic carbocycles. The van der Waals surface area contributed by atoms with Gasteiger partial charge in [0.05, 0.1) is 23.6 Å². The van der Waals surface area contributed by atoms with Gasteiger partial charge in [-0.1, -0.05) is 0 Å². The van der Waals surface area contributed by atoms with E-state index in [-0.39, 0.29) is 29.1 Å². The molecule has 0 bridgehead atoms. The maximum Gasteiger partial charge on any atom is 0.252 e. The SMILES string of the molecule is COC(C)(C)C(=O)N[C@@H](CCCCN)C(=O)CSc1cc(C)nc(C)c1.COC(C)(C)C(=O)N[C@@H](CCCCN)C(=O)CSc1cnc(C)nc1. The maximum atomic E-state index is 12.7. The van der Waals surface area contributed by atoms with Crippen molar-refractivity contribution in [2.75, 3.05) is 38.8 Å². The Labute approximate surface area is 312 Å². The molecule has 0 saturated heterocycles. The van der Waals surface area contributed by atoms with Crippen LogP contribution in [0.15, 0.2) is 34.3 Å². The number of amides is 2. The first-order valence-corrected chi connectivity index (χ1v) is 19.1. The van der Waals surface area contributed by atoms with Gasteiger partial charge < -0.3 is 31.6 Å². The van der Waals surface area contributed by atoms with E-state index in [0.717, 1.165) is 46.9 Å². The average molecular weight is 750 g/mol. The number of ether oxygens (including phenoxy) is 2. The van der Waals surface area contributed by atoms with E-state index in [4.69, 9.17) is 20.9 Å². The number of Topliss-reactive ketones (excluding diaryl/α,β-unsaturated/α-hetero) is 2. The van der Waals surface area contributed by atoms with Crippen molar-refractivity contribution < 1.29 is 28.7 Å². The summed E-state index contributed by atoms with van der Waals surface area (Å²) in [7, 11) is 2.95. The largest absolute Gasteiger partial charge is 0.369 e. The molecule has 0 radical (unpaired) electrons. The Kier molecular flexibility index (Phi) is 21.3. The number of methoxy groups -OCH3 is 2. The van der Waals surface area contributed by atoms with Crippen molar-refractivity contribution in [2.45, 2.75) is 120 Å². The first-order valence-electron chi connectivity index (χ1n) is 17.2. The number of aromatic nitrogens is 3. The summed E-state index contributed by atoms with van der Waals surface area (Å²) in [5, 5.41) is 5.66. The molecule has 2 rings (SSSR count). The van der Waals surface area contributed by atoms with E-state index in [0.29, 0.717) is 37.5 Å². The summed E-state index contributed by atoms with van der Waals surface area (Å²) in [4.78, 5) is 64.4. The number of nitrogens with zero attached hydrogens (tertiary/aromatic N) is 3. The van der Waals surface area contributed by atoms with Crippen LogP contribution in [0.25, 0.3) is 0 Å². The van der Waals surface area contributed by atoms with Crippen molar-refractivity contribution in [3.8, 4) is 0 Å². The van der Waals surface area contributed by atoms with Crippen LogP contribution >= 0.6 is 23.5 Å². The van der Waals surface area contributed by atoms with Crippen LogP contribution in [0, 0.1) is 20.8 Å². The molecule has 2 heterocycles. The maximum absolute atomic E-state index is 12.7. The lowest BCUT2D eigenvalue weighted by atomic mass is 10.0. The lowest BCUT2D eigenvalue weighted by Crippen LogP contribution is -2.50. The second-order valence-electron chi connectivity index (χ2n) is 13.1. The van der Waals surface area contributed by atoms with Gasteiger partial charge in [0.1, 0.15) is 17.0 Å². The van der Waals surface area contributed by atoms with Gasteiger partial charge in [0, 0.05) is 47.8 Å². The standard InChI is InChI=1S/C19H31N3O3S.C17H28N4O3S/c1-13-10-15(11-14(2)21-13)26-12-17(23)16(8-6-7-9-20)22-18(24)19(3,4)25-5;1-12-19-9-13(10-20-12)25-11-15(22)14(7-5-6-8-18)21-16(23)17(2,3)24-4/h10-11,16H,6-9,12,20H2,1-5H3,(H,22,24);9-10,14H,5-8,11,18H2,1-4H3,(H,21,23)/t16-;14-/m00/s1. The molecule has 0 unspecified atom stereocenters. The minimum Gasteiger partial charge on any atom is -0.369 e. The fourth-order valence-electron chi connectivity index (χ4n) is 4.31. The highest BCUT2D eigenvalue weighted by molar-refractivity contribution is 8.00. The van der Waals surface area contributed by atoms with Gasteiger partial charge in [-0.2, -0.15) is 0 Å². The molecule has 0 fully saturated rings. The van der Waals surface area contributed by atoms with Gasteiger partial charge in [-0.25, -0.2) is 9.97 Å². The van der Waals surface area contributed by atoms with E-state index in [9.17, 15) is 19.2 Å². The average Bonchev–Trinajstić information content (AvgIpc) is 3.09. The summed E-state index contributed by atoms with van der Waals surface area (Å²) in [5.74, 6) is 0.597. The third-order valence-electron chi connectivity index (χ3n) is 7.97. The number of hydrogen-bond acceptors (Lipinski definition) is 13. The Morgan fingerprint density at radius 1 is 0.706 bits per heavy atom. The van der Waals surface area contributed by atoms with Gasteiger partial charge in [-0.3, -0.25) is 24.2 Å². The highest BCUT2D eigenvalue weighted by atomic mass is 32.2. The summed E-state index contributed by atoms with van der Waals surface area (Å²) in [6, 6.07) is 2.84. The molecule has 0 aliphatic rings. The third kappa shape index (κ3) is 17.9. The lowest BCUT2D eigenvalue weighted by molar-refractivity contribution is -0.142. The number of carbonyl (C=O) groups excluding carboxylic acids is 4. The van der Waals surface area contributed by atoms with Crippen LogP contribution in [-0.2, 0) is 28.7 Å². The van der Waals surface area contributed by atoms with Crippen molar-refractivity contribution in [2.24, 2.45) is 11.5 Å². The van der Waals surface area contributed by atoms with Crippen molar-refractivity contribution in [3.05, 3.63) is 41.7 Å². The van der Waals surface area contributed by atoms with Gasteiger partial charge in [0.15, 0.2) is 11.6 Å². The molecule has 2 amide bonds. The van der Waals surface area contributed by atoms with Crippen molar-refractivity contribution in [1.82, 2.24) is 25.6 Å². The monoisotopic (exact) mass is 749 g/mol. The van der Waals surface area contributed by atoms with E-state index < -0.39 is 23.3 Å². The minimum absolute atomic E-state index is 0.000562. The number of unbranched alkanes of at least 4 members (excludes halogenated alkanes) is 2. The van der Waals surface area contributed by atoms with E-state index in [1.54, 1.807) is 47.0 Å². The predicted octanol–water partition coefficient (Wildman–Crippen LogP) is 3.88. The Balaban J connectivity index is 0.000000510. The van der Waals surface area contributed by atoms with Crippen LogP contribution in [-0.4, -0.2) is 100 Å². The quantitative estimate of drug-likeness (QED) is 0.0999. The molecule has 15 heteroatoms. The molecule has 0 aromatic carbocycles. The van der Waals surface area contributed by atoms with Crippen molar-refractivity contribution in [1.29, 1.82) is 0 Å². The first kappa shape index (κ1) is 46.1. The Hall–Kier alpha value is -2.95. The fourth-order valence-corrected chi connectivity index (χ4v) is 6.09. The van der Waals surface area contributed by atoms with Crippen LogP contribution in [0.3, 0.4) is 0 Å². The molecular formula is C36H59N7O6S2. The number of rotatable bonds is 22. The van der Waals surface area contributed by atoms with Crippen LogP contribution in [0.5, 0.6) is 0 Å². The zero-order valence-electron chi connectivity index (χ0n) is 31.8.